The van der Waals surface area contributed by atoms with Crippen LogP contribution in [0.4, 0.5) is 4.79 Å². The summed E-state index contributed by atoms with van der Waals surface area (Å²) >= 11 is 0. The van der Waals surface area contributed by atoms with Gasteiger partial charge in [0.05, 0.1) is 32.5 Å². The summed E-state index contributed by atoms with van der Waals surface area (Å²) in [4.78, 5) is 12.6. The van der Waals surface area contributed by atoms with Crippen LogP contribution in [0.1, 0.15) is 170 Å². The van der Waals surface area contributed by atoms with Crippen LogP contribution < -0.4 is 5.32 Å². The molecule has 1 amide bonds. The Balaban J connectivity index is 4.35. The highest BCUT2D eigenvalue weighted by Crippen LogP contribution is 2.20. The molecule has 0 aromatic carbocycles. The van der Waals surface area contributed by atoms with E-state index < -0.39 is 6.09 Å². The topological polar surface area (TPSA) is 75.3 Å². The van der Waals surface area contributed by atoms with Crippen LogP contribution in [-0.2, 0) is 23.7 Å². The predicted molar refractivity (Wildman–Crippen MR) is 194 cm³/mol. The van der Waals surface area contributed by atoms with Gasteiger partial charge in [0.2, 0.25) is 0 Å². The summed E-state index contributed by atoms with van der Waals surface area (Å²) in [6.45, 7) is 17.2. The van der Waals surface area contributed by atoms with E-state index in [1.54, 1.807) is 7.11 Å². The fourth-order valence-corrected chi connectivity index (χ4v) is 5.50. The Hall–Kier alpha value is -0.890. The SMILES string of the molecule is CCCCCCCCCCCCOCC(CNC(=O)OCC(C)(C)COCC(C)(C)COC)OCCCCCCCCCCCC. The number of carbonyl (C=O) groups excluding carboxylic acids is 1. The Labute approximate surface area is 286 Å². The monoisotopic (exact) mass is 658 g/mol. The molecule has 0 fully saturated rings. The predicted octanol–water partition coefficient (Wildman–Crippen LogP) is 10.7. The maximum atomic E-state index is 12.6. The Morgan fingerprint density at radius 3 is 1.48 bits per heavy atom. The molecule has 7 heteroatoms. The van der Waals surface area contributed by atoms with Crippen LogP contribution in [0.3, 0.4) is 0 Å². The zero-order valence-corrected chi connectivity index (χ0v) is 31.8. The maximum Gasteiger partial charge on any atom is 0.407 e. The van der Waals surface area contributed by atoms with Crippen molar-refractivity contribution < 1.29 is 28.5 Å². The van der Waals surface area contributed by atoms with E-state index in [2.05, 4.69) is 33.0 Å². The van der Waals surface area contributed by atoms with Gasteiger partial charge in [-0.3, -0.25) is 0 Å². The van der Waals surface area contributed by atoms with Crippen LogP contribution in [0, 0.1) is 10.8 Å². The molecule has 0 aromatic rings. The van der Waals surface area contributed by atoms with E-state index in [1.807, 2.05) is 13.8 Å². The molecule has 276 valence electrons. The second-order valence-electron chi connectivity index (χ2n) is 15.1. The first-order valence-corrected chi connectivity index (χ1v) is 19.3. The maximum absolute atomic E-state index is 12.6. The van der Waals surface area contributed by atoms with Crippen LogP contribution in [-0.4, -0.2) is 72.1 Å². The van der Waals surface area contributed by atoms with Crippen LogP contribution in [0.5, 0.6) is 0 Å². The number of rotatable bonds is 35. The van der Waals surface area contributed by atoms with Gasteiger partial charge >= 0.3 is 6.09 Å². The van der Waals surface area contributed by atoms with Crippen molar-refractivity contribution in [2.45, 2.75) is 176 Å². The third-order valence-electron chi connectivity index (χ3n) is 8.39. The van der Waals surface area contributed by atoms with Gasteiger partial charge in [-0.1, -0.05) is 157 Å². The lowest BCUT2D eigenvalue weighted by Gasteiger charge is -2.28. The molecule has 0 spiro atoms. The minimum absolute atomic E-state index is 0.0540. The molecule has 0 radical (unpaired) electrons. The average molecular weight is 658 g/mol. The number of amides is 1. The van der Waals surface area contributed by atoms with Crippen molar-refractivity contribution in [1.29, 1.82) is 0 Å². The van der Waals surface area contributed by atoms with Gasteiger partial charge in [0.15, 0.2) is 0 Å². The van der Waals surface area contributed by atoms with Crippen LogP contribution >= 0.6 is 0 Å². The normalized spacial score (nSPS) is 12.8. The Morgan fingerprint density at radius 2 is 1.00 bits per heavy atom. The highest BCUT2D eigenvalue weighted by Gasteiger charge is 2.24. The van der Waals surface area contributed by atoms with E-state index in [0.29, 0.717) is 39.6 Å². The van der Waals surface area contributed by atoms with E-state index in [0.717, 1.165) is 19.4 Å². The minimum atomic E-state index is -0.421. The lowest BCUT2D eigenvalue weighted by molar-refractivity contribution is -0.0317. The van der Waals surface area contributed by atoms with Crippen molar-refractivity contribution in [2.75, 3.05) is 59.9 Å². The molecular formula is C39H79NO6. The van der Waals surface area contributed by atoms with E-state index in [4.69, 9.17) is 23.7 Å². The van der Waals surface area contributed by atoms with E-state index in [9.17, 15) is 4.79 Å². The van der Waals surface area contributed by atoms with Gasteiger partial charge in [-0.05, 0) is 12.8 Å². The Bertz CT molecular complexity index is 656. The zero-order chi connectivity index (χ0) is 34.2. The molecule has 1 atom stereocenters. The quantitative estimate of drug-likeness (QED) is 0.0684. The van der Waals surface area contributed by atoms with Gasteiger partial charge in [0.1, 0.15) is 6.61 Å². The second kappa shape index (κ2) is 31.4. The standard InChI is InChI=1S/C39H79NO6/c1-8-10-12-14-16-18-20-22-24-26-28-43-31-36(45-29-27-25-23-21-19-17-15-13-11-9-2)30-40-37(41)46-35-39(5,6)34-44-33-38(3,4)32-42-7/h36H,8-35H2,1-7H3,(H,40,41). The molecule has 1 N–H and O–H groups in total. The molecular weight excluding hydrogens is 578 g/mol. The van der Waals surface area contributed by atoms with Gasteiger partial charge in [-0.25, -0.2) is 4.79 Å². The highest BCUT2D eigenvalue weighted by molar-refractivity contribution is 5.67. The van der Waals surface area contributed by atoms with Crippen molar-refractivity contribution in [3.8, 4) is 0 Å². The Kier molecular flexibility index (Phi) is 30.8. The van der Waals surface area contributed by atoms with Gasteiger partial charge in [-0.15, -0.1) is 0 Å². The third-order valence-corrected chi connectivity index (χ3v) is 8.39. The fourth-order valence-electron chi connectivity index (χ4n) is 5.50. The number of hydrogen-bond acceptors (Lipinski definition) is 6. The molecule has 0 saturated heterocycles. The van der Waals surface area contributed by atoms with Crippen molar-refractivity contribution in [1.82, 2.24) is 5.32 Å². The summed E-state index contributed by atoms with van der Waals surface area (Å²) in [6, 6.07) is 0. The number of methoxy groups -OCH3 is 1. The molecule has 0 aromatic heterocycles. The summed E-state index contributed by atoms with van der Waals surface area (Å²) < 4.78 is 29.0. The summed E-state index contributed by atoms with van der Waals surface area (Å²) in [5.41, 5.74) is -0.342. The molecule has 1 unspecified atom stereocenters. The van der Waals surface area contributed by atoms with Crippen molar-refractivity contribution in [3.05, 3.63) is 0 Å². The van der Waals surface area contributed by atoms with Gasteiger partial charge in [0, 0.05) is 37.7 Å². The lowest BCUT2D eigenvalue weighted by Crippen LogP contribution is -2.39. The minimum Gasteiger partial charge on any atom is -0.449 e. The lowest BCUT2D eigenvalue weighted by atomic mass is 9.94. The molecule has 0 bridgehead atoms. The van der Waals surface area contributed by atoms with Crippen LogP contribution in [0.2, 0.25) is 0 Å². The molecule has 0 aliphatic heterocycles. The number of unbranched alkanes of at least 4 members (excludes halogenated alkanes) is 18. The Morgan fingerprint density at radius 1 is 0.565 bits per heavy atom. The summed E-state index contributed by atoms with van der Waals surface area (Å²) in [5, 5.41) is 2.91. The number of hydrogen-bond donors (Lipinski definition) is 1. The third kappa shape index (κ3) is 31.7. The fraction of sp³-hybridized carbons (Fsp3) is 0.974. The largest absolute Gasteiger partial charge is 0.449 e. The van der Waals surface area contributed by atoms with Crippen molar-refractivity contribution in [3.63, 3.8) is 0 Å². The van der Waals surface area contributed by atoms with E-state index in [-0.39, 0.29) is 23.5 Å². The van der Waals surface area contributed by atoms with Gasteiger partial charge < -0.3 is 29.0 Å². The van der Waals surface area contributed by atoms with Crippen molar-refractivity contribution >= 4 is 6.09 Å². The number of alkyl carbamates (subject to hydrolysis) is 1. The molecule has 0 aliphatic carbocycles. The molecule has 7 nitrogen and oxygen atoms in total. The first-order valence-electron chi connectivity index (χ1n) is 19.3. The molecule has 0 saturated carbocycles. The first kappa shape index (κ1) is 45.1. The second-order valence-corrected chi connectivity index (χ2v) is 15.1. The van der Waals surface area contributed by atoms with Crippen LogP contribution in [0.15, 0.2) is 0 Å². The number of nitrogens with one attached hydrogen (secondary N) is 1. The van der Waals surface area contributed by atoms with Gasteiger partial charge in [0.25, 0.3) is 0 Å². The summed E-state index contributed by atoms with van der Waals surface area (Å²) in [6.07, 6.45) is 25.5. The van der Waals surface area contributed by atoms with Crippen LogP contribution in [0.25, 0.3) is 0 Å². The number of ether oxygens (including phenoxy) is 5. The molecule has 0 aliphatic rings. The van der Waals surface area contributed by atoms with Gasteiger partial charge in [-0.2, -0.15) is 0 Å². The average Bonchev–Trinajstić information content (AvgIpc) is 3.01. The molecule has 46 heavy (non-hydrogen) atoms. The van der Waals surface area contributed by atoms with E-state index >= 15 is 0 Å². The smallest absolute Gasteiger partial charge is 0.407 e. The summed E-state index contributed by atoms with van der Waals surface area (Å²) in [7, 11) is 1.70. The van der Waals surface area contributed by atoms with E-state index in [1.165, 1.54) is 116 Å². The number of carbonyl (C=O) groups is 1. The van der Waals surface area contributed by atoms with Crippen molar-refractivity contribution in [2.24, 2.45) is 10.8 Å². The molecule has 0 heterocycles. The highest BCUT2D eigenvalue weighted by atomic mass is 16.6. The molecule has 0 rings (SSSR count). The zero-order valence-electron chi connectivity index (χ0n) is 31.8. The summed E-state index contributed by atoms with van der Waals surface area (Å²) in [5.74, 6) is 0. The first-order chi connectivity index (χ1) is 22.2.